The average Bonchev–Trinajstić information content (AvgIpc) is 3.22. The summed E-state index contributed by atoms with van der Waals surface area (Å²) in [6.45, 7) is 3.12. The minimum atomic E-state index is -0.125. The molecule has 0 unspecified atom stereocenters. The van der Waals surface area contributed by atoms with Gasteiger partial charge >= 0.3 is 0 Å². The van der Waals surface area contributed by atoms with Gasteiger partial charge in [-0.3, -0.25) is 9.36 Å². The number of hydrogen-bond donors (Lipinski definition) is 1. The summed E-state index contributed by atoms with van der Waals surface area (Å²) in [6, 6.07) is 7.56. The first-order valence-corrected chi connectivity index (χ1v) is 8.88. The summed E-state index contributed by atoms with van der Waals surface area (Å²) in [4.78, 5) is 23.1. The number of aromatic nitrogens is 5. The van der Waals surface area contributed by atoms with Crippen molar-refractivity contribution in [3.63, 3.8) is 0 Å². The van der Waals surface area contributed by atoms with Crippen LogP contribution < -0.4 is 5.73 Å². The van der Waals surface area contributed by atoms with Gasteiger partial charge < -0.3 is 10.6 Å². The van der Waals surface area contributed by atoms with E-state index in [1.165, 1.54) is 11.7 Å². The van der Waals surface area contributed by atoms with Crippen molar-refractivity contribution in [2.75, 3.05) is 12.8 Å². The Labute approximate surface area is 153 Å². The molecule has 2 N–H and O–H groups in total. The molecule has 0 fully saturated rings. The van der Waals surface area contributed by atoms with Crippen LogP contribution in [0.25, 0.3) is 22.2 Å². The van der Waals surface area contributed by atoms with Crippen molar-refractivity contribution in [1.82, 2.24) is 28.2 Å². The predicted molar refractivity (Wildman–Crippen MR) is 101 cm³/mol. The fraction of sp³-hybridized carbons (Fsp3) is 0.235. The molecule has 0 spiro atoms. The third-order valence-corrected chi connectivity index (χ3v) is 4.82. The van der Waals surface area contributed by atoms with E-state index < -0.39 is 0 Å². The second kappa shape index (κ2) is 6.34. The zero-order chi connectivity index (χ0) is 18.3. The lowest BCUT2D eigenvalue weighted by atomic mass is 10.1. The summed E-state index contributed by atoms with van der Waals surface area (Å²) in [5.74, 6) is 0.277. The number of amides is 1. The van der Waals surface area contributed by atoms with Gasteiger partial charge in [0.25, 0.3) is 5.91 Å². The van der Waals surface area contributed by atoms with Crippen LogP contribution in [0.3, 0.4) is 0 Å². The number of nitrogens with two attached hydrogens (primary N) is 1. The van der Waals surface area contributed by atoms with Crippen LogP contribution in [0.2, 0.25) is 0 Å². The number of hydrogen-bond acceptors (Lipinski definition) is 7. The van der Waals surface area contributed by atoms with E-state index in [2.05, 4.69) is 18.7 Å². The highest BCUT2D eigenvalue weighted by atomic mass is 32.1. The van der Waals surface area contributed by atoms with Crippen LogP contribution in [0.1, 0.15) is 22.8 Å². The van der Waals surface area contributed by atoms with Crippen LogP contribution in [0.5, 0.6) is 0 Å². The quantitative estimate of drug-likeness (QED) is 0.594. The largest absolute Gasteiger partial charge is 0.369 e. The van der Waals surface area contributed by atoms with Crippen LogP contribution in [0.4, 0.5) is 5.95 Å². The second-order valence-electron chi connectivity index (χ2n) is 6.03. The first kappa shape index (κ1) is 16.4. The summed E-state index contributed by atoms with van der Waals surface area (Å²) < 4.78 is 10.2. The molecule has 0 aliphatic rings. The number of nitrogens with zero attached hydrogens (tertiary/aromatic N) is 6. The number of carbonyl (C=O) groups is 1. The smallest absolute Gasteiger partial charge is 0.255 e. The Morgan fingerprint density at radius 3 is 2.85 bits per heavy atom. The number of benzene rings is 1. The molecule has 0 saturated heterocycles. The number of rotatable bonds is 4. The highest BCUT2D eigenvalue weighted by molar-refractivity contribution is 7.00. The van der Waals surface area contributed by atoms with Crippen molar-refractivity contribution in [3.05, 3.63) is 41.6 Å². The Balaban J connectivity index is 1.58. The van der Waals surface area contributed by atoms with Gasteiger partial charge in [0.15, 0.2) is 5.65 Å². The van der Waals surface area contributed by atoms with Crippen molar-refractivity contribution in [2.45, 2.75) is 20.0 Å². The van der Waals surface area contributed by atoms with Crippen molar-refractivity contribution in [2.24, 2.45) is 0 Å². The number of nitrogen functional groups attached to an aromatic ring is 1. The van der Waals surface area contributed by atoms with Crippen LogP contribution >= 0.6 is 11.7 Å². The van der Waals surface area contributed by atoms with E-state index in [4.69, 9.17) is 5.73 Å². The Morgan fingerprint density at radius 2 is 2.04 bits per heavy atom. The highest BCUT2D eigenvalue weighted by Gasteiger charge is 2.16. The van der Waals surface area contributed by atoms with Crippen LogP contribution in [-0.2, 0) is 13.1 Å². The molecule has 4 aromatic rings. The standard InChI is InChI=1S/C17H17N7OS/c1-3-24-15-14(20-17(24)18)7-11(8-19-15)16(25)23(2)9-10-4-5-12-13(6-10)22-26-21-12/h4-8H,3,9H2,1-2H3,(H2,18,20). The van der Waals surface area contributed by atoms with E-state index in [1.54, 1.807) is 24.2 Å². The number of pyridine rings is 1. The lowest BCUT2D eigenvalue weighted by Gasteiger charge is -2.17. The number of imidazole rings is 1. The van der Waals surface area contributed by atoms with Crippen molar-refractivity contribution < 1.29 is 4.79 Å². The van der Waals surface area contributed by atoms with Gasteiger partial charge in [-0.15, -0.1) is 0 Å². The molecule has 132 valence electrons. The van der Waals surface area contributed by atoms with Crippen molar-refractivity contribution in [1.29, 1.82) is 0 Å². The maximum absolute atomic E-state index is 12.8. The summed E-state index contributed by atoms with van der Waals surface area (Å²) in [7, 11) is 1.76. The van der Waals surface area contributed by atoms with E-state index in [1.807, 2.05) is 29.7 Å². The molecule has 0 bridgehead atoms. The Hall–Kier alpha value is -3.07. The minimum Gasteiger partial charge on any atom is -0.369 e. The minimum absolute atomic E-state index is 0.125. The fourth-order valence-corrected chi connectivity index (χ4v) is 3.47. The third-order valence-electron chi connectivity index (χ3n) is 4.26. The first-order chi connectivity index (χ1) is 12.6. The summed E-state index contributed by atoms with van der Waals surface area (Å²) in [5, 5.41) is 0. The van der Waals surface area contributed by atoms with Crippen LogP contribution in [0.15, 0.2) is 30.5 Å². The summed E-state index contributed by atoms with van der Waals surface area (Å²) in [6.07, 6.45) is 1.57. The maximum atomic E-state index is 12.8. The lowest BCUT2D eigenvalue weighted by molar-refractivity contribution is 0.0785. The second-order valence-corrected chi connectivity index (χ2v) is 6.56. The van der Waals surface area contributed by atoms with Gasteiger partial charge in [-0.25, -0.2) is 9.97 Å². The number of anilines is 1. The van der Waals surface area contributed by atoms with Gasteiger partial charge in [0.2, 0.25) is 5.95 Å². The highest BCUT2D eigenvalue weighted by Crippen LogP contribution is 2.19. The van der Waals surface area contributed by atoms with Gasteiger partial charge in [0.1, 0.15) is 16.6 Å². The van der Waals surface area contributed by atoms with E-state index >= 15 is 0 Å². The lowest BCUT2D eigenvalue weighted by Crippen LogP contribution is -2.26. The van der Waals surface area contributed by atoms with Gasteiger partial charge in [0.05, 0.1) is 17.3 Å². The molecule has 0 atom stereocenters. The molecule has 3 heterocycles. The van der Waals surface area contributed by atoms with E-state index in [-0.39, 0.29) is 5.91 Å². The SMILES string of the molecule is CCn1c(N)nc2cc(C(=O)N(C)Cc3ccc4nsnc4c3)cnc21. The van der Waals surface area contributed by atoms with E-state index in [0.29, 0.717) is 35.8 Å². The molecule has 9 heteroatoms. The van der Waals surface area contributed by atoms with Crippen molar-refractivity contribution in [3.8, 4) is 0 Å². The number of aryl methyl sites for hydroxylation is 1. The normalized spacial score (nSPS) is 11.3. The zero-order valence-corrected chi connectivity index (χ0v) is 15.2. The molecule has 1 amide bonds. The van der Waals surface area contributed by atoms with Gasteiger partial charge in [0, 0.05) is 26.3 Å². The topological polar surface area (TPSA) is 103 Å². The number of fused-ring (bicyclic) bond motifs is 2. The summed E-state index contributed by atoms with van der Waals surface area (Å²) in [5.41, 5.74) is 10.4. The van der Waals surface area contributed by atoms with Gasteiger partial charge in [-0.2, -0.15) is 8.75 Å². The molecular weight excluding hydrogens is 350 g/mol. The molecule has 0 aliphatic heterocycles. The molecule has 3 aromatic heterocycles. The van der Waals surface area contributed by atoms with Crippen molar-refractivity contribution >= 4 is 45.8 Å². The fourth-order valence-electron chi connectivity index (χ4n) is 2.95. The molecule has 0 aliphatic carbocycles. The summed E-state index contributed by atoms with van der Waals surface area (Å²) >= 11 is 1.18. The van der Waals surface area contributed by atoms with Gasteiger partial charge in [-0.05, 0) is 30.7 Å². The number of carbonyl (C=O) groups excluding carboxylic acids is 1. The molecule has 8 nitrogen and oxygen atoms in total. The van der Waals surface area contributed by atoms with Crippen LogP contribution in [0, 0.1) is 0 Å². The Bertz CT molecular complexity index is 1120. The molecule has 0 saturated carbocycles. The Kier molecular flexibility index (Phi) is 4.00. The molecule has 1 aromatic carbocycles. The van der Waals surface area contributed by atoms with E-state index in [9.17, 15) is 4.79 Å². The van der Waals surface area contributed by atoms with E-state index in [0.717, 1.165) is 16.6 Å². The Morgan fingerprint density at radius 1 is 1.23 bits per heavy atom. The molecule has 4 rings (SSSR count). The first-order valence-electron chi connectivity index (χ1n) is 8.15. The predicted octanol–water partition coefficient (Wildman–Crippen LogP) is 2.31. The average molecular weight is 367 g/mol. The zero-order valence-electron chi connectivity index (χ0n) is 14.4. The molecule has 26 heavy (non-hydrogen) atoms. The third kappa shape index (κ3) is 2.76. The molecular formula is C17H17N7OS. The molecule has 0 radical (unpaired) electrons. The van der Waals surface area contributed by atoms with Gasteiger partial charge in [-0.1, -0.05) is 6.07 Å². The monoisotopic (exact) mass is 367 g/mol. The van der Waals surface area contributed by atoms with Crippen LogP contribution in [-0.4, -0.2) is 41.1 Å². The maximum Gasteiger partial charge on any atom is 0.255 e.